The Morgan fingerprint density at radius 3 is 2.67 bits per heavy atom. The maximum Gasteiger partial charge on any atom is 0.169 e. The normalized spacial score (nSPS) is 31.4. The summed E-state index contributed by atoms with van der Waals surface area (Å²) < 4.78 is 10.2. The van der Waals surface area contributed by atoms with Gasteiger partial charge in [-0.1, -0.05) is 13.3 Å². The quantitative estimate of drug-likeness (QED) is 0.645. The standard InChI is InChI=1S/C11H23NO3/c1-11(8-13)6-4-5-9(11)12-7-10(14-2)15-3/h9-10,12-13H,4-8H2,1-3H3/t9-,11+/m1/s1. The highest BCUT2D eigenvalue weighted by atomic mass is 16.7. The Morgan fingerprint density at radius 1 is 1.47 bits per heavy atom. The van der Waals surface area contributed by atoms with E-state index in [0.717, 1.165) is 12.8 Å². The van der Waals surface area contributed by atoms with Crippen molar-refractivity contribution in [1.82, 2.24) is 5.32 Å². The maximum atomic E-state index is 9.37. The van der Waals surface area contributed by atoms with Crippen LogP contribution in [0, 0.1) is 5.41 Å². The lowest BCUT2D eigenvalue weighted by Crippen LogP contribution is -2.45. The van der Waals surface area contributed by atoms with Gasteiger partial charge in [-0.25, -0.2) is 0 Å². The topological polar surface area (TPSA) is 50.7 Å². The van der Waals surface area contributed by atoms with Crippen molar-refractivity contribution >= 4 is 0 Å². The van der Waals surface area contributed by atoms with Gasteiger partial charge in [-0.3, -0.25) is 0 Å². The molecule has 2 N–H and O–H groups in total. The van der Waals surface area contributed by atoms with Crippen LogP contribution >= 0.6 is 0 Å². The first kappa shape index (κ1) is 12.9. The number of hydrogen-bond donors (Lipinski definition) is 2. The van der Waals surface area contributed by atoms with Gasteiger partial charge in [-0.15, -0.1) is 0 Å². The molecule has 0 aromatic carbocycles. The second kappa shape index (κ2) is 5.80. The van der Waals surface area contributed by atoms with Crippen molar-refractivity contribution in [2.75, 3.05) is 27.4 Å². The molecule has 0 spiro atoms. The zero-order chi connectivity index (χ0) is 11.3. The zero-order valence-corrected chi connectivity index (χ0v) is 9.95. The van der Waals surface area contributed by atoms with Gasteiger partial charge in [0.05, 0.1) is 0 Å². The van der Waals surface area contributed by atoms with E-state index in [9.17, 15) is 5.11 Å². The minimum absolute atomic E-state index is 0.0199. The van der Waals surface area contributed by atoms with Gasteiger partial charge >= 0.3 is 0 Å². The van der Waals surface area contributed by atoms with E-state index in [1.165, 1.54) is 6.42 Å². The summed E-state index contributed by atoms with van der Waals surface area (Å²) in [6.45, 7) is 3.05. The summed E-state index contributed by atoms with van der Waals surface area (Å²) in [7, 11) is 3.27. The van der Waals surface area contributed by atoms with Gasteiger partial charge in [-0.2, -0.15) is 0 Å². The largest absolute Gasteiger partial charge is 0.396 e. The SMILES string of the molecule is COC(CN[C@@H]1CCC[C@@]1(C)CO)OC. The molecule has 1 aliphatic rings. The van der Waals surface area contributed by atoms with Gasteiger partial charge in [0.15, 0.2) is 6.29 Å². The molecule has 0 aromatic heterocycles. The Labute approximate surface area is 92.0 Å². The summed E-state index contributed by atoms with van der Waals surface area (Å²) in [5, 5.41) is 12.8. The van der Waals surface area contributed by atoms with Crippen LogP contribution in [0.1, 0.15) is 26.2 Å². The minimum atomic E-state index is -0.200. The van der Waals surface area contributed by atoms with E-state index in [1.807, 2.05) is 0 Å². The number of ether oxygens (including phenoxy) is 2. The molecular weight excluding hydrogens is 194 g/mol. The summed E-state index contributed by atoms with van der Waals surface area (Å²) in [4.78, 5) is 0. The van der Waals surface area contributed by atoms with E-state index < -0.39 is 0 Å². The second-order valence-electron chi connectivity index (χ2n) is 4.57. The fourth-order valence-corrected chi connectivity index (χ4v) is 2.27. The third-order valence-corrected chi connectivity index (χ3v) is 3.50. The molecule has 90 valence electrons. The molecule has 4 nitrogen and oxygen atoms in total. The number of methoxy groups -OCH3 is 2. The molecule has 1 aliphatic carbocycles. The minimum Gasteiger partial charge on any atom is -0.396 e. The van der Waals surface area contributed by atoms with E-state index in [4.69, 9.17) is 9.47 Å². The smallest absolute Gasteiger partial charge is 0.169 e. The first-order valence-corrected chi connectivity index (χ1v) is 5.56. The number of rotatable bonds is 6. The average Bonchev–Trinajstić information content (AvgIpc) is 2.63. The van der Waals surface area contributed by atoms with Crippen molar-refractivity contribution in [1.29, 1.82) is 0 Å². The average molecular weight is 217 g/mol. The predicted octanol–water partition coefficient (Wildman–Crippen LogP) is 0.746. The molecule has 0 aromatic rings. The van der Waals surface area contributed by atoms with Crippen molar-refractivity contribution < 1.29 is 14.6 Å². The summed E-state index contributed by atoms with van der Waals surface area (Å²) in [6.07, 6.45) is 3.19. The lowest BCUT2D eigenvalue weighted by atomic mass is 9.86. The summed E-state index contributed by atoms with van der Waals surface area (Å²) in [5.41, 5.74) is 0.0199. The molecule has 0 radical (unpaired) electrons. The van der Waals surface area contributed by atoms with Crippen molar-refractivity contribution in [3.05, 3.63) is 0 Å². The van der Waals surface area contributed by atoms with Gasteiger partial charge in [0.1, 0.15) is 0 Å². The van der Waals surface area contributed by atoms with Gasteiger partial charge < -0.3 is 19.9 Å². The van der Waals surface area contributed by atoms with Crippen LogP contribution in [0.25, 0.3) is 0 Å². The van der Waals surface area contributed by atoms with Crippen molar-refractivity contribution in [3.63, 3.8) is 0 Å². The van der Waals surface area contributed by atoms with Crippen LogP contribution in [-0.2, 0) is 9.47 Å². The van der Waals surface area contributed by atoms with Gasteiger partial charge in [0.25, 0.3) is 0 Å². The molecule has 2 atom stereocenters. The Bertz CT molecular complexity index is 185. The first-order chi connectivity index (χ1) is 7.16. The van der Waals surface area contributed by atoms with Crippen LogP contribution in [-0.4, -0.2) is 44.8 Å². The van der Waals surface area contributed by atoms with Crippen LogP contribution in [0.5, 0.6) is 0 Å². The Kier molecular flexibility index (Phi) is 4.99. The monoisotopic (exact) mass is 217 g/mol. The van der Waals surface area contributed by atoms with E-state index in [-0.39, 0.29) is 18.3 Å². The summed E-state index contributed by atoms with van der Waals surface area (Å²) in [5.74, 6) is 0. The molecule has 0 heterocycles. The molecule has 0 saturated heterocycles. The van der Waals surface area contributed by atoms with Crippen LogP contribution in [0.3, 0.4) is 0 Å². The number of hydrogen-bond acceptors (Lipinski definition) is 4. The lowest BCUT2D eigenvalue weighted by molar-refractivity contribution is -0.101. The molecule has 1 rings (SSSR count). The Balaban J connectivity index is 2.37. The molecule has 4 heteroatoms. The van der Waals surface area contributed by atoms with Crippen LogP contribution in [0.4, 0.5) is 0 Å². The highest BCUT2D eigenvalue weighted by Gasteiger charge is 2.38. The van der Waals surface area contributed by atoms with Crippen molar-refractivity contribution in [2.24, 2.45) is 5.41 Å². The fraction of sp³-hybridized carbons (Fsp3) is 1.00. The van der Waals surface area contributed by atoms with Crippen LogP contribution in [0.15, 0.2) is 0 Å². The van der Waals surface area contributed by atoms with Crippen LogP contribution in [0.2, 0.25) is 0 Å². The molecule has 15 heavy (non-hydrogen) atoms. The van der Waals surface area contributed by atoms with Crippen molar-refractivity contribution in [2.45, 2.75) is 38.5 Å². The maximum absolute atomic E-state index is 9.37. The molecule has 0 unspecified atom stereocenters. The molecule has 0 amide bonds. The third-order valence-electron chi connectivity index (χ3n) is 3.50. The molecular formula is C11H23NO3. The number of aliphatic hydroxyl groups is 1. The summed E-state index contributed by atoms with van der Waals surface area (Å²) in [6, 6.07) is 0.371. The first-order valence-electron chi connectivity index (χ1n) is 5.56. The van der Waals surface area contributed by atoms with E-state index in [1.54, 1.807) is 14.2 Å². The lowest BCUT2D eigenvalue weighted by Gasteiger charge is -2.31. The molecule has 1 fully saturated rings. The zero-order valence-electron chi connectivity index (χ0n) is 9.95. The third kappa shape index (κ3) is 3.14. The number of nitrogens with one attached hydrogen (secondary N) is 1. The Hall–Kier alpha value is -0.160. The second-order valence-corrected chi connectivity index (χ2v) is 4.57. The van der Waals surface area contributed by atoms with Crippen molar-refractivity contribution in [3.8, 4) is 0 Å². The highest BCUT2D eigenvalue weighted by Crippen LogP contribution is 2.37. The Morgan fingerprint density at radius 2 is 2.13 bits per heavy atom. The van der Waals surface area contributed by atoms with E-state index >= 15 is 0 Å². The molecule has 1 saturated carbocycles. The van der Waals surface area contributed by atoms with Gasteiger partial charge in [0.2, 0.25) is 0 Å². The molecule has 0 aliphatic heterocycles. The molecule has 0 bridgehead atoms. The van der Waals surface area contributed by atoms with E-state index in [2.05, 4.69) is 12.2 Å². The van der Waals surface area contributed by atoms with E-state index in [0.29, 0.717) is 12.6 Å². The summed E-state index contributed by atoms with van der Waals surface area (Å²) >= 11 is 0. The van der Waals surface area contributed by atoms with Gasteiger partial charge in [0, 0.05) is 38.8 Å². The predicted molar refractivity (Wildman–Crippen MR) is 58.6 cm³/mol. The fourth-order valence-electron chi connectivity index (χ4n) is 2.27. The van der Waals surface area contributed by atoms with Crippen LogP contribution < -0.4 is 5.32 Å². The number of aliphatic hydroxyl groups excluding tert-OH is 1. The van der Waals surface area contributed by atoms with Gasteiger partial charge in [-0.05, 0) is 12.8 Å². The highest BCUT2D eigenvalue weighted by molar-refractivity contribution is 4.93.